The Balaban J connectivity index is 2.31. The SMILES string of the molecule is CCCc1ccc(OP(=O)(Oc2ccc(CCC)c(CCC)c2CCC)Sc2ccc(CCC)c(CCC)c2CCC)c(CCC)c1CCC. The van der Waals surface area contributed by atoms with Gasteiger partial charge in [-0.05, 0) is 126 Å². The van der Waals surface area contributed by atoms with Crippen molar-refractivity contribution in [3.63, 3.8) is 0 Å². The van der Waals surface area contributed by atoms with Crippen molar-refractivity contribution in [2.45, 2.75) is 183 Å². The van der Waals surface area contributed by atoms with Gasteiger partial charge < -0.3 is 9.05 Å². The first-order valence-electron chi connectivity index (χ1n) is 20.4. The van der Waals surface area contributed by atoms with E-state index in [2.05, 4.69) is 98.7 Å². The van der Waals surface area contributed by atoms with E-state index in [4.69, 9.17) is 9.05 Å². The van der Waals surface area contributed by atoms with Crippen LogP contribution in [0.15, 0.2) is 41.3 Å². The Morgan fingerprint density at radius 1 is 0.400 bits per heavy atom. The molecule has 3 rings (SSSR count). The van der Waals surface area contributed by atoms with Gasteiger partial charge in [-0.1, -0.05) is 138 Å². The molecule has 0 saturated carbocycles. The van der Waals surface area contributed by atoms with Crippen molar-refractivity contribution in [2.75, 3.05) is 0 Å². The average molecular weight is 721 g/mol. The lowest BCUT2D eigenvalue weighted by molar-refractivity contribution is 0.403. The molecule has 0 aliphatic carbocycles. The van der Waals surface area contributed by atoms with Crippen LogP contribution in [0, 0.1) is 0 Å². The summed E-state index contributed by atoms with van der Waals surface area (Å²) >= 11 is 1.35. The van der Waals surface area contributed by atoms with E-state index in [1.165, 1.54) is 61.5 Å². The van der Waals surface area contributed by atoms with Gasteiger partial charge in [-0.2, -0.15) is 0 Å². The highest BCUT2D eigenvalue weighted by atomic mass is 32.7. The molecule has 3 aromatic carbocycles. The summed E-state index contributed by atoms with van der Waals surface area (Å²) in [6.45, 7) is 16.4. The molecular formula is C45H69O3PS. The summed E-state index contributed by atoms with van der Waals surface area (Å²) in [4.78, 5) is 1.04. The minimum atomic E-state index is -3.83. The molecule has 0 aliphatic heterocycles. The van der Waals surface area contributed by atoms with Crippen molar-refractivity contribution >= 4 is 18.2 Å². The summed E-state index contributed by atoms with van der Waals surface area (Å²) in [5.74, 6) is 1.46. The van der Waals surface area contributed by atoms with Gasteiger partial charge in [-0.15, -0.1) is 0 Å². The van der Waals surface area contributed by atoms with Crippen molar-refractivity contribution in [3.05, 3.63) is 86.5 Å². The summed E-state index contributed by atoms with van der Waals surface area (Å²) in [5.41, 5.74) is 12.2. The summed E-state index contributed by atoms with van der Waals surface area (Å²) in [6.07, 6.45) is 18.5. The van der Waals surface area contributed by atoms with Crippen molar-refractivity contribution in [3.8, 4) is 11.5 Å². The summed E-state index contributed by atoms with van der Waals surface area (Å²) in [5, 5.41) is 0. The highest BCUT2D eigenvalue weighted by Crippen LogP contribution is 2.64. The molecule has 0 aromatic heterocycles. The van der Waals surface area contributed by atoms with E-state index < -0.39 is 6.80 Å². The van der Waals surface area contributed by atoms with E-state index in [9.17, 15) is 0 Å². The van der Waals surface area contributed by atoms with Crippen LogP contribution in [0.1, 0.15) is 170 Å². The number of benzene rings is 3. The van der Waals surface area contributed by atoms with Crippen LogP contribution >= 0.6 is 18.2 Å². The van der Waals surface area contributed by atoms with Crippen molar-refractivity contribution < 1.29 is 13.6 Å². The van der Waals surface area contributed by atoms with Crippen molar-refractivity contribution in [2.24, 2.45) is 0 Å². The molecule has 3 aromatic rings. The molecule has 0 aliphatic rings. The molecule has 0 atom stereocenters. The normalized spacial score (nSPS) is 11.7. The molecule has 0 spiro atoms. The highest BCUT2D eigenvalue weighted by Gasteiger charge is 2.35. The van der Waals surface area contributed by atoms with Crippen LogP contribution in [0.4, 0.5) is 0 Å². The van der Waals surface area contributed by atoms with Crippen LogP contribution in [-0.4, -0.2) is 0 Å². The molecule has 0 radical (unpaired) electrons. The second kappa shape index (κ2) is 22.0. The maximum Gasteiger partial charge on any atom is 0.497 e. The fourth-order valence-corrected chi connectivity index (χ4v) is 11.2. The fourth-order valence-electron chi connectivity index (χ4n) is 7.60. The molecular weight excluding hydrogens is 652 g/mol. The third kappa shape index (κ3) is 11.2. The smallest absolute Gasteiger partial charge is 0.408 e. The lowest BCUT2D eigenvalue weighted by Crippen LogP contribution is -2.09. The minimum absolute atomic E-state index is 0.729. The lowest BCUT2D eigenvalue weighted by Gasteiger charge is -2.26. The number of hydrogen-bond donors (Lipinski definition) is 0. The van der Waals surface area contributed by atoms with E-state index in [1.54, 1.807) is 0 Å². The topological polar surface area (TPSA) is 35.5 Å². The number of hydrogen-bond acceptors (Lipinski definition) is 4. The van der Waals surface area contributed by atoms with Crippen LogP contribution in [-0.2, 0) is 62.4 Å². The first-order chi connectivity index (χ1) is 24.3. The second-order valence-corrected chi connectivity index (χ2v) is 17.8. The van der Waals surface area contributed by atoms with Crippen molar-refractivity contribution in [1.29, 1.82) is 0 Å². The molecule has 5 heteroatoms. The molecule has 0 fully saturated rings. The fraction of sp³-hybridized carbons (Fsp3) is 0.600. The Hall–Kier alpha value is -2.16. The molecule has 0 heterocycles. The van der Waals surface area contributed by atoms with E-state index in [1.807, 2.05) is 0 Å². The first kappa shape index (κ1) is 42.3. The van der Waals surface area contributed by atoms with Crippen LogP contribution in [0.2, 0.25) is 0 Å². The number of aryl methyl sites for hydroxylation is 3. The Labute approximate surface area is 311 Å². The zero-order valence-electron chi connectivity index (χ0n) is 33.3. The molecule has 3 nitrogen and oxygen atoms in total. The van der Waals surface area contributed by atoms with E-state index >= 15 is 4.57 Å². The zero-order chi connectivity index (χ0) is 36.5. The monoisotopic (exact) mass is 720 g/mol. The van der Waals surface area contributed by atoms with Crippen LogP contribution in [0.25, 0.3) is 0 Å². The standard InChI is InChI=1S/C45H69O3PS/c1-10-19-34-28-31-43(40(25-16-7)37(34)22-13-4)47-49(46,48-44-32-29-35(20-11-2)38(23-14-5)41(44)26-17-8)50-45-33-30-36(21-12-3)39(24-15-6)42(45)27-18-9/h28-33H,10-27H2,1-9H3. The molecule has 0 bridgehead atoms. The molecule has 278 valence electrons. The first-order valence-corrected chi connectivity index (χ1v) is 23.3. The maximum atomic E-state index is 15.7. The van der Waals surface area contributed by atoms with E-state index in [0.29, 0.717) is 0 Å². The quantitative estimate of drug-likeness (QED) is 0.0863. The minimum Gasteiger partial charge on any atom is -0.408 e. The van der Waals surface area contributed by atoms with Gasteiger partial charge in [0, 0.05) is 16.3 Å². The summed E-state index contributed by atoms with van der Waals surface area (Å²) in [6, 6.07) is 13.1. The average Bonchev–Trinajstić information content (AvgIpc) is 3.09. The third-order valence-electron chi connectivity index (χ3n) is 9.64. The van der Waals surface area contributed by atoms with Gasteiger partial charge in [0.1, 0.15) is 11.5 Å². The van der Waals surface area contributed by atoms with Gasteiger partial charge in [-0.3, -0.25) is 0 Å². The Bertz CT molecular complexity index is 1350. The largest absolute Gasteiger partial charge is 0.497 e. The predicted molar refractivity (Wildman–Crippen MR) is 220 cm³/mol. The summed E-state index contributed by atoms with van der Waals surface area (Å²) in [7, 11) is 0. The Morgan fingerprint density at radius 3 is 1.06 bits per heavy atom. The van der Waals surface area contributed by atoms with Crippen LogP contribution in [0.3, 0.4) is 0 Å². The van der Waals surface area contributed by atoms with Gasteiger partial charge in [0.05, 0.1) is 0 Å². The van der Waals surface area contributed by atoms with Crippen LogP contribution < -0.4 is 9.05 Å². The third-order valence-corrected chi connectivity index (χ3v) is 13.0. The van der Waals surface area contributed by atoms with Gasteiger partial charge in [0.2, 0.25) is 0 Å². The molecule has 0 saturated heterocycles. The van der Waals surface area contributed by atoms with Gasteiger partial charge in [-0.25, -0.2) is 4.57 Å². The Morgan fingerprint density at radius 2 is 0.700 bits per heavy atom. The lowest BCUT2D eigenvalue weighted by atomic mass is 9.91. The number of rotatable bonds is 24. The molecule has 50 heavy (non-hydrogen) atoms. The van der Waals surface area contributed by atoms with E-state index in [0.717, 1.165) is 132 Å². The Kier molecular flexibility index (Phi) is 18.6. The second-order valence-electron chi connectivity index (χ2n) is 14.0. The van der Waals surface area contributed by atoms with Gasteiger partial charge >= 0.3 is 6.80 Å². The zero-order valence-corrected chi connectivity index (χ0v) is 35.0. The van der Waals surface area contributed by atoms with Gasteiger partial charge in [0.25, 0.3) is 0 Å². The molecule has 0 unspecified atom stereocenters. The molecule has 0 N–H and O–H groups in total. The maximum absolute atomic E-state index is 15.7. The van der Waals surface area contributed by atoms with Crippen LogP contribution in [0.5, 0.6) is 11.5 Å². The van der Waals surface area contributed by atoms with E-state index in [-0.39, 0.29) is 0 Å². The highest BCUT2D eigenvalue weighted by molar-refractivity contribution is 8.55. The van der Waals surface area contributed by atoms with Gasteiger partial charge in [0.15, 0.2) is 0 Å². The molecule has 0 amide bonds. The summed E-state index contributed by atoms with van der Waals surface area (Å²) < 4.78 is 29.6. The predicted octanol–water partition coefficient (Wildman–Crippen LogP) is 14.6. The van der Waals surface area contributed by atoms with Crippen molar-refractivity contribution in [1.82, 2.24) is 0 Å².